The van der Waals surface area contributed by atoms with Crippen molar-refractivity contribution < 1.29 is 40.9 Å². The number of fused-ring (bicyclic) bond motifs is 1. The summed E-state index contributed by atoms with van der Waals surface area (Å²) >= 11 is 0. The van der Waals surface area contributed by atoms with Gasteiger partial charge in [-0.3, -0.25) is 0 Å². The molecule has 0 amide bonds. The lowest BCUT2D eigenvalue weighted by molar-refractivity contribution is -0.154. The zero-order valence-corrected chi connectivity index (χ0v) is 27.8. The van der Waals surface area contributed by atoms with Crippen molar-refractivity contribution in [1.82, 2.24) is 29.1 Å². The quantitative estimate of drug-likeness (QED) is 0.0874. The largest absolute Gasteiger partial charge is 0.467 e. The molecule has 5 aromatic rings. The molecule has 4 heterocycles. The van der Waals surface area contributed by atoms with Gasteiger partial charge in [-0.15, -0.1) is 0 Å². The maximum atomic E-state index is 13.2. The lowest BCUT2D eigenvalue weighted by Gasteiger charge is -2.24. The maximum absolute atomic E-state index is 13.2. The zero-order valence-electron chi connectivity index (χ0n) is 26.8. The van der Waals surface area contributed by atoms with Crippen LogP contribution >= 0.6 is 0 Å². The van der Waals surface area contributed by atoms with E-state index in [2.05, 4.69) is 39.6 Å². The number of benzene rings is 1. The Morgan fingerprint density at radius 1 is 0.938 bits per heavy atom. The van der Waals surface area contributed by atoms with Crippen LogP contribution in [-0.2, 0) is 30.3 Å². The van der Waals surface area contributed by atoms with E-state index in [1.54, 1.807) is 42.0 Å². The molecule has 0 saturated carbocycles. The zero-order chi connectivity index (χ0) is 35.1. The summed E-state index contributed by atoms with van der Waals surface area (Å²) in [5.74, 6) is -0.194. The van der Waals surface area contributed by atoms with Crippen LogP contribution < -0.4 is 4.74 Å². The SMILES string of the molecule is Cn1cc(C(F)(F)F)nc1-c1ccc([C@@](C)(O)c2cn(COCC[Si](C)(C)C)c3cnc(-c4cccnc4OCC(F)(F)F)nc23)cc1. The van der Waals surface area contributed by atoms with Gasteiger partial charge < -0.3 is 23.7 Å². The number of imidazole rings is 1. The van der Waals surface area contributed by atoms with E-state index >= 15 is 0 Å². The van der Waals surface area contributed by atoms with E-state index in [1.807, 2.05) is 0 Å². The number of hydrogen-bond acceptors (Lipinski definition) is 7. The number of rotatable bonds is 11. The molecule has 0 spiro atoms. The fourth-order valence-corrected chi connectivity index (χ4v) is 5.76. The molecule has 256 valence electrons. The summed E-state index contributed by atoms with van der Waals surface area (Å²) in [6, 6.07) is 10.2. The second-order valence-electron chi connectivity index (χ2n) is 12.8. The molecule has 0 radical (unpaired) electrons. The first-order chi connectivity index (χ1) is 22.3. The number of aryl methyl sites for hydroxylation is 1. The van der Waals surface area contributed by atoms with Crippen molar-refractivity contribution in [3.63, 3.8) is 0 Å². The normalized spacial score (nSPS) is 14.0. The van der Waals surface area contributed by atoms with Crippen LogP contribution in [0, 0.1) is 0 Å². The molecule has 1 N–H and O–H groups in total. The Hall–Kier alpha value is -4.28. The Balaban J connectivity index is 1.55. The topological polar surface area (TPSA) is 100 Å². The molecular formula is C32H34F6N6O3Si. The lowest BCUT2D eigenvalue weighted by Crippen LogP contribution is -2.23. The Kier molecular flexibility index (Phi) is 9.46. The molecule has 5 rings (SSSR count). The standard InChI is InChI=1S/C32H34F6N6O3Si/c1-30(45,21-10-8-20(9-11-21)28-41-25(17-43(28)2)32(36,37)38)23-16-44(19-46-13-14-48(3,4)5)24-15-40-27(42-26(23)24)22-7-6-12-39-29(22)47-18-31(33,34)35/h6-12,15-17,45H,13-14,18-19H2,1-5H3/t30-/m1/s1. The molecule has 0 aliphatic rings. The molecule has 1 aromatic carbocycles. The second kappa shape index (κ2) is 13.0. The van der Waals surface area contributed by atoms with E-state index in [1.165, 1.54) is 36.1 Å². The van der Waals surface area contributed by atoms with E-state index in [0.717, 1.165) is 12.2 Å². The molecule has 0 bridgehead atoms. The monoisotopic (exact) mass is 692 g/mol. The number of aromatic nitrogens is 6. The van der Waals surface area contributed by atoms with Gasteiger partial charge in [0.2, 0.25) is 5.88 Å². The highest BCUT2D eigenvalue weighted by Crippen LogP contribution is 2.38. The fraction of sp³-hybridized carbons (Fsp3) is 0.375. The third-order valence-electron chi connectivity index (χ3n) is 7.63. The molecular weight excluding hydrogens is 658 g/mol. The summed E-state index contributed by atoms with van der Waals surface area (Å²) < 4.78 is 92.5. The van der Waals surface area contributed by atoms with Crippen molar-refractivity contribution in [2.45, 2.75) is 57.3 Å². The highest BCUT2D eigenvalue weighted by atomic mass is 28.3. The van der Waals surface area contributed by atoms with E-state index in [9.17, 15) is 31.4 Å². The number of ether oxygens (including phenoxy) is 2. The summed E-state index contributed by atoms with van der Waals surface area (Å²) in [5.41, 5.74) is -0.682. The molecule has 4 aromatic heterocycles. The van der Waals surface area contributed by atoms with Gasteiger partial charge in [-0.25, -0.2) is 19.9 Å². The van der Waals surface area contributed by atoms with Crippen LogP contribution in [0.1, 0.15) is 23.7 Å². The summed E-state index contributed by atoms with van der Waals surface area (Å²) in [7, 11) is 0.0829. The van der Waals surface area contributed by atoms with Crippen LogP contribution in [0.5, 0.6) is 5.88 Å². The molecule has 0 fully saturated rings. The molecule has 9 nitrogen and oxygen atoms in total. The molecule has 0 aliphatic heterocycles. The van der Waals surface area contributed by atoms with Crippen LogP contribution in [0.25, 0.3) is 33.8 Å². The van der Waals surface area contributed by atoms with Crippen molar-refractivity contribution >= 4 is 19.1 Å². The Morgan fingerprint density at radius 2 is 1.65 bits per heavy atom. The minimum Gasteiger partial charge on any atom is -0.467 e. The van der Waals surface area contributed by atoms with Crippen molar-refractivity contribution in [1.29, 1.82) is 0 Å². The second-order valence-corrected chi connectivity index (χ2v) is 18.4. The first-order valence-corrected chi connectivity index (χ1v) is 18.6. The molecule has 48 heavy (non-hydrogen) atoms. The van der Waals surface area contributed by atoms with Gasteiger partial charge in [0.05, 0.1) is 22.8 Å². The summed E-state index contributed by atoms with van der Waals surface area (Å²) in [5, 5.41) is 12.0. The van der Waals surface area contributed by atoms with E-state index in [4.69, 9.17) is 9.47 Å². The van der Waals surface area contributed by atoms with Crippen LogP contribution in [0.2, 0.25) is 25.7 Å². The average molecular weight is 693 g/mol. The van der Waals surface area contributed by atoms with Crippen LogP contribution in [-0.4, -0.2) is 61.6 Å². The van der Waals surface area contributed by atoms with Gasteiger partial charge in [-0.2, -0.15) is 26.3 Å². The first kappa shape index (κ1) is 35.0. The summed E-state index contributed by atoms with van der Waals surface area (Å²) in [4.78, 5) is 16.7. The van der Waals surface area contributed by atoms with Crippen LogP contribution in [0.15, 0.2) is 61.2 Å². The van der Waals surface area contributed by atoms with Crippen molar-refractivity contribution in [2.75, 3.05) is 13.2 Å². The minimum atomic E-state index is -4.60. The minimum absolute atomic E-state index is 0.0211. The first-order valence-electron chi connectivity index (χ1n) is 14.9. The van der Waals surface area contributed by atoms with Gasteiger partial charge in [0.25, 0.3) is 0 Å². The van der Waals surface area contributed by atoms with E-state index in [-0.39, 0.29) is 29.8 Å². The predicted molar refractivity (Wildman–Crippen MR) is 169 cm³/mol. The predicted octanol–water partition coefficient (Wildman–Crippen LogP) is 7.42. The summed E-state index contributed by atoms with van der Waals surface area (Å²) in [6.07, 6.45) is -3.85. The van der Waals surface area contributed by atoms with Crippen molar-refractivity contribution in [2.24, 2.45) is 7.05 Å². The number of halogens is 6. The van der Waals surface area contributed by atoms with Crippen molar-refractivity contribution in [3.05, 3.63) is 78.0 Å². The number of alkyl halides is 6. The van der Waals surface area contributed by atoms with Gasteiger partial charge in [-0.05, 0) is 30.7 Å². The van der Waals surface area contributed by atoms with Crippen molar-refractivity contribution in [3.8, 4) is 28.7 Å². The van der Waals surface area contributed by atoms with Gasteiger partial charge in [-0.1, -0.05) is 43.9 Å². The Bertz CT molecular complexity index is 1900. The van der Waals surface area contributed by atoms with Crippen LogP contribution in [0.4, 0.5) is 26.3 Å². The highest BCUT2D eigenvalue weighted by molar-refractivity contribution is 6.76. The number of aliphatic hydroxyl groups is 1. The Labute approximate surface area is 273 Å². The third kappa shape index (κ3) is 7.87. The number of pyridine rings is 1. The van der Waals surface area contributed by atoms with Crippen LogP contribution in [0.3, 0.4) is 0 Å². The van der Waals surface area contributed by atoms with Gasteiger partial charge in [0, 0.05) is 51.4 Å². The fourth-order valence-electron chi connectivity index (χ4n) is 5.00. The number of nitrogens with zero attached hydrogens (tertiary/aromatic N) is 6. The molecule has 1 atom stereocenters. The average Bonchev–Trinajstić information content (AvgIpc) is 3.58. The molecule has 0 aliphatic carbocycles. The molecule has 0 saturated heterocycles. The van der Waals surface area contributed by atoms with Gasteiger partial charge in [0.1, 0.15) is 18.2 Å². The Morgan fingerprint density at radius 3 is 2.27 bits per heavy atom. The molecule has 0 unspecified atom stereocenters. The van der Waals surface area contributed by atoms with Gasteiger partial charge >= 0.3 is 12.4 Å². The molecule has 16 heteroatoms. The summed E-state index contributed by atoms with van der Waals surface area (Å²) in [6.45, 7) is 7.30. The van der Waals surface area contributed by atoms with E-state index in [0.29, 0.717) is 34.3 Å². The van der Waals surface area contributed by atoms with Gasteiger partial charge in [0.15, 0.2) is 18.1 Å². The lowest BCUT2D eigenvalue weighted by atomic mass is 9.88. The smallest absolute Gasteiger partial charge is 0.434 e. The number of hydrogen-bond donors (Lipinski definition) is 1. The third-order valence-corrected chi connectivity index (χ3v) is 9.33. The maximum Gasteiger partial charge on any atom is 0.434 e. The highest BCUT2D eigenvalue weighted by Gasteiger charge is 2.35. The van der Waals surface area contributed by atoms with E-state index < -0.39 is 38.3 Å².